The first-order valence-corrected chi connectivity index (χ1v) is 15.7. The number of aryl methyl sites for hydroxylation is 2. The second kappa shape index (κ2) is 19.7. The van der Waals surface area contributed by atoms with Crippen molar-refractivity contribution in [1.29, 1.82) is 0 Å². The van der Waals surface area contributed by atoms with Gasteiger partial charge in [-0.2, -0.15) is 0 Å². The zero-order chi connectivity index (χ0) is 25.8. The van der Waals surface area contributed by atoms with E-state index in [0.29, 0.717) is 0 Å². The normalized spacial score (nSPS) is 15.1. The Morgan fingerprint density at radius 1 is 0.750 bits per heavy atom. The summed E-state index contributed by atoms with van der Waals surface area (Å²) < 4.78 is 0. The van der Waals surface area contributed by atoms with E-state index >= 15 is 0 Å². The summed E-state index contributed by atoms with van der Waals surface area (Å²) in [4.78, 5) is 2.32. The van der Waals surface area contributed by atoms with Crippen molar-refractivity contribution in [2.75, 3.05) is 14.1 Å². The Bertz CT molecular complexity index is 735. The fourth-order valence-corrected chi connectivity index (χ4v) is 5.87. The molecular formula is C35H59N. The Kier molecular flexibility index (Phi) is 16.9. The van der Waals surface area contributed by atoms with Crippen molar-refractivity contribution < 1.29 is 0 Å². The molecule has 0 aromatic heterocycles. The summed E-state index contributed by atoms with van der Waals surface area (Å²) in [5.74, 6) is 0.974. The van der Waals surface area contributed by atoms with E-state index in [9.17, 15) is 0 Å². The molecule has 1 aromatic carbocycles. The van der Waals surface area contributed by atoms with Crippen molar-refractivity contribution in [3.63, 3.8) is 0 Å². The van der Waals surface area contributed by atoms with Gasteiger partial charge in [0.25, 0.3) is 0 Å². The molecule has 1 aromatic rings. The lowest BCUT2D eigenvalue weighted by molar-refractivity contribution is 0.339. The Morgan fingerprint density at radius 3 is 1.97 bits per heavy atom. The largest absolute Gasteiger partial charge is 0.305 e. The van der Waals surface area contributed by atoms with Gasteiger partial charge >= 0.3 is 0 Å². The highest BCUT2D eigenvalue weighted by Crippen LogP contribution is 2.29. The second-order valence-corrected chi connectivity index (χ2v) is 11.8. The summed E-state index contributed by atoms with van der Waals surface area (Å²) in [6.45, 7) is 5.73. The molecule has 0 N–H and O–H groups in total. The molecule has 2 rings (SSSR count). The predicted molar refractivity (Wildman–Crippen MR) is 162 cm³/mol. The van der Waals surface area contributed by atoms with E-state index in [1.54, 1.807) is 16.7 Å². The van der Waals surface area contributed by atoms with Gasteiger partial charge in [-0.15, -0.1) is 0 Å². The number of benzene rings is 1. The lowest BCUT2D eigenvalue weighted by Gasteiger charge is -2.23. The average molecular weight is 494 g/mol. The Morgan fingerprint density at radius 2 is 1.33 bits per heavy atom. The molecule has 0 spiro atoms. The van der Waals surface area contributed by atoms with Gasteiger partial charge in [-0.1, -0.05) is 114 Å². The molecule has 204 valence electrons. The maximum Gasteiger partial charge on any atom is 0.0227 e. The van der Waals surface area contributed by atoms with E-state index in [2.05, 4.69) is 69.3 Å². The molecule has 0 radical (unpaired) electrons. The molecule has 36 heavy (non-hydrogen) atoms. The second-order valence-electron chi connectivity index (χ2n) is 11.8. The van der Waals surface area contributed by atoms with E-state index in [-0.39, 0.29) is 0 Å². The van der Waals surface area contributed by atoms with Gasteiger partial charge in [0.15, 0.2) is 0 Å². The quantitative estimate of drug-likeness (QED) is 0.137. The fraction of sp³-hybridized carbons (Fsp3) is 0.714. The number of hydrogen-bond donors (Lipinski definition) is 0. The van der Waals surface area contributed by atoms with Crippen LogP contribution in [0.25, 0.3) is 0 Å². The zero-order valence-corrected chi connectivity index (χ0v) is 24.6. The van der Waals surface area contributed by atoms with Crippen molar-refractivity contribution in [2.24, 2.45) is 5.92 Å². The van der Waals surface area contributed by atoms with Crippen LogP contribution in [0, 0.1) is 12.8 Å². The van der Waals surface area contributed by atoms with Crippen LogP contribution in [0.2, 0.25) is 0 Å². The van der Waals surface area contributed by atoms with Gasteiger partial charge in [0.2, 0.25) is 0 Å². The third-order valence-electron chi connectivity index (χ3n) is 8.15. The molecule has 0 unspecified atom stereocenters. The predicted octanol–water partition coefficient (Wildman–Crippen LogP) is 10.5. The molecule has 1 nitrogen and oxygen atoms in total. The standard InChI is InChI=1S/C35H59N/c1-5-6-7-8-9-10-11-12-13-14-15-16-17-18-22-25-34-28-33(30-36(3)4)29-35(31(34)2)27-26-32-23-20-19-21-24-32/h9-12,28-29,32H,5-8,13-27,30H2,1-4H3/b10-9+,12-11+. The van der Waals surface area contributed by atoms with E-state index < -0.39 is 0 Å². The Labute approximate surface area is 225 Å². The van der Waals surface area contributed by atoms with Crippen LogP contribution in [0.5, 0.6) is 0 Å². The van der Waals surface area contributed by atoms with E-state index in [1.807, 2.05) is 0 Å². The summed E-state index contributed by atoms with van der Waals surface area (Å²) >= 11 is 0. The van der Waals surface area contributed by atoms with Gasteiger partial charge in [0.05, 0.1) is 0 Å². The van der Waals surface area contributed by atoms with Crippen LogP contribution in [-0.2, 0) is 19.4 Å². The Balaban J connectivity index is 1.67. The average Bonchev–Trinajstić information content (AvgIpc) is 2.87. The third-order valence-corrected chi connectivity index (χ3v) is 8.15. The molecular weight excluding hydrogens is 434 g/mol. The first kappa shape index (κ1) is 30.9. The summed E-state index contributed by atoms with van der Waals surface area (Å²) in [5, 5.41) is 0. The minimum atomic E-state index is 0.974. The molecule has 0 aliphatic heterocycles. The molecule has 1 aliphatic rings. The zero-order valence-electron chi connectivity index (χ0n) is 24.6. The van der Waals surface area contributed by atoms with Gasteiger partial charge in [-0.3, -0.25) is 0 Å². The van der Waals surface area contributed by atoms with Crippen LogP contribution in [-0.4, -0.2) is 19.0 Å². The van der Waals surface area contributed by atoms with Crippen molar-refractivity contribution in [2.45, 2.75) is 142 Å². The number of nitrogens with zero attached hydrogens (tertiary/aromatic N) is 1. The van der Waals surface area contributed by atoms with Gasteiger partial charge < -0.3 is 4.90 Å². The highest BCUT2D eigenvalue weighted by atomic mass is 15.0. The van der Waals surface area contributed by atoms with Crippen LogP contribution >= 0.6 is 0 Å². The fourth-order valence-electron chi connectivity index (χ4n) is 5.87. The minimum absolute atomic E-state index is 0.974. The van der Waals surface area contributed by atoms with Gasteiger partial charge in [0.1, 0.15) is 0 Å². The summed E-state index contributed by atoms with van der Waals surface area (Å²) in [6.07, 6.45) is 35.2. The highest BCUT2D eigenvalue weighted by molar-refractivity contribution is 5.39. The monoisotopic (exact) mass is 493 g/mol. The maximum atomic E-state index is 2.53. The lowest BCUT2D eigenvalue weighted by atomic mass is 9.84. The van der Waals surface area contributed by atoms with E-state index in [0.717, 1.165) is 12.5 Å². The molecule has 1 fully saturated rings. The smallest absolute Gasteiger partial charge is 0.0227 e. The van der Waals surface area contributed by atoms with Crippen LogP contribution < -0.4 is 0 Å². The third kappa shape index (κ3) is 13.8. The molecule has 1 aliphatic carbocycles. The summed E-state index contributed by atoms with van der Waals surface area (Å²) in [5.41, 5.74) is 6.38. The number of unbranched alkanes of at least 4 members (excludes halogenated alkanes) is 9. The number of allylic oxidation sites excluding steroid dienone is 4. The highest BCUT2D eigenvalue weighted by Gasteiger charge is 2.15. The summed E-state index contributed by atoms with van der Waals surface area (Å²) in [7, 11) is 4.39. The molecule has 0 bridgehead atoms. The van der Waals surface area contributed by atoms with Crippen LogP contribution in [0.15, 0.2) is 36.4 Å². The van der Waals surface area contributed by atoms with Crippen LogP contribution in [0.4, 0.5) is 0 Å². The van der Waals surface area contributed by atoms with Crippen LogP contribution in [0.1, 0.15) is 138 Å². The van der Waals surface area contributed by atoms with E-state index in [4.69, 9.17) is 0 Å². The lowest BCUT2D eigenvalue weighted by Crippen LogP contribution is -2.12. The van der Waals surface area contributed by atoms with Crippen molar-refractivity contribution in [1.82, 2.24) is 4.90 Å². The van der Waals surface area contributed by atoms with Crippen molar-refractivity contribution in [3.8, 4) is 0 Å². The number of hydrogen-bond acceptors (Lipinski definition) is 1. The molecule has 1 heteroatoms. The summed E-state index contributed by atoms with van der Waals surface area (Å²) in [6, 6.07) is 5.04. The van der Waals surface area contributed by atoms with Crippen LogP contribution in [0.3, 0.4) is 0 Å². The minimum Gasteiger partial charge on any atom is -0.305 e. The van der Waals surface area contributed by atoms with Crippen molar-refractivity contribution in [3.05, 3.63) is 58.7 Å². The SMILES string of the molecule is CCCCC/C=C/C=C/CCCCCCCCc1cc(CN(C)C)cc(CCC2CCCCC2)c1C. The first-order chi connectivity index (χ1) is 17.6. The van der Waals surface area contributed by atoms with Gasteiger partial charge in [0, 0.05) is 6.54 Å². The topological polar surface area (TPSA) is 3.24 Å². The Hall–Kier alpha value is -1.34. The maximum absolute atomic E-state index is 2.53. The van der Waals surface area contributed by atoms with Gasteiger partial charge in [-0.05, 0) is 101 Å². The molecule has 1 saturated carbocycles. The molecule has 0 saturated heterocycles. The molecule has 0 atom stereocenters. The molecule has 0 amide bonds. The molecule has 0 heterocycles. The number of rotatable bonds is 19. The van der Waals surface area contributed by atoms with Gasteiger partial charge in [-0.25, -0.2) is 0 Å². The van der Waals surface area contributed by atoms with E-state index in [1.165, 1.54) is 128 Å². The van der Waals surface area contributed by atoms with Crippen molar-refractivity contribution >= 4 is 0 Å². The first-order valence-electron chi connectivity index (χ1n) is 15.7.